The predicted molar refractivity (Wildman–Crippen MR) is 77.9 cm³/mol. The lowest BCUT2D eigenvalue weighted by atomic mass is 9.50. The lowest BCUT2D eigenvalue weighted by molar-refractivity contribution is -0.313. The molecule has 0 saturated heterocycles. The van der Waals surface area contributed by atoms with E-state index in [4.69, 9.17) is 9.29 Å². The van der Waals surface area contributed by atoms with E-state index in [0.717, 1.165) is 6.42 Å². The molecule has 0 spiro atoms. The van der Waals surface area contributed by atoms with Crippen LogP contribution < -0.4 is 0 Å². The van der Waals surface area contributed by atoms with E-state index in [9.17, 15) is 39.6 Å². The summed E-state index contributed by atoms with van der Waals surface area (Å²) in [5.74, 6) is -9.85. The summed E-state index contributed by atoms with van der Waals surface area (Å²) in [6.45, 7) is 1.30. The fourth-order valence-electron chi connectivity index (χ4n) is 5.13. The second-order valence-electron chi connectivity index (χ2n) is 8.02. The molecule has 0 aliphatic heterocycles. The Kier molecular flexibility index (Phi) is 4.40. The predicted octanol–water partition coefficient (Wildman–Crippen LogP) is 3.50. The molecule has 0 aromatic carbocycles. The van der Waals surface area contributed by atoms with Gasteiger partial charge in [-0.2, -0.15) is 30.4 Å². The molecule has 4 aliphatic carbocycles. The lowest BCUT2D eigenvalue weighted by Crippen LogP contribution is -2.66. The number of halogens is 6. The number of hydrogen-bond acceptors (Lipinski definition) is 4. The Labute approximate surface area is 151 Å². The van der Waals surface area contributed by atoms with Gasteiger partial charge >= 0.3 is 33.2 Å². The zero-order valence-corrected chi connectivity index (χ0v) is 14.9. The summed E-state index contributed by atoms with van der Waals surface area (Å²) in [7, 11) is -6.82. The highest BCUT2D eigenvalue weighted by molar-refractivity contribution is 7.88. The molecular formula is C15H18F6O5S. The van der Waals surface area contributed by atoms with Crippen molar-refractivity contribution in [2.45, 2.75) is 61.7 Å². The van der Waals surface area contributed by atoms with Gasteiger partial charge < -0.3 is 4.74 Å². The standard InChI is InChI=1S/C15H18F6O5S/c1-12(9-3-7-2-8(5-9)6-10(12)4-7)26-11(22)13(16,27(23,24)25)14(17,18)15(19,20)21/h7-10H,2-6H2,1H3,(H,23,24,25). The van der Waals surface area contributed by atoms with Crippen LogP contribution in [0.1, 0.15) is 39.0 Å². The van der Waals surface area contributed by atoms with E-state index in [-0.39, 0.29) is 0 Å². The van der Waals surface area contributed by atoms with Crippen LogP contribution in [0.4, 0.5) is 26.3 Å². The second-order valence-corrected chi connectivity index (χ2v) is 9.53. The van der Waals surface area contributed by atoms with Crippen LogP contribution in [-0.4, -0.2) is 41.6 Å². The smallest absolute Gasteiger partial charge is 0.455 e. The van der Waals surface area contributed by atoms with Crippen LogP contribution in [0.25, 0.3) is 0 Å². The van der Waals surface area contributed by atoms with Gasteiger partial charge in [0.1, 0.15) is 5.60 Å². The molecule has 4 fully saturated rings. The molecule has 0 aromatic heterocycles. The maximum absolute atomic E-state index is 14.6. The fraction of sp³-hybridized carbons (Fsp3) is 0.933. The minimum atomic E-state index is -6.82. The molecule has 1 unspecified atom stereocenters. The maximum Gasteiger partial charge on any atom is 0.458 e. The SMILES string of the molecule is CC1(OC(=O)C(F)(C(F)(F)C(F)(F)F)S(=O)(=O)O)C2CC3CC(C2)CC1C3. The van der Waals surface area contributed by atoms with E-state index < -0.39 is 50.6 Å². The van der Waals surface area contributed by atoms with E-state index in [1.807, 2.05) is 0 Å². The van der Waals surface area contributed by atoms with E-state index >= 15 is 0 Å². The molecule has 0 aromatic rings. The molecule has 156 valence electrons. The Balaban J connectivity index is 1.97. The molecule has 0 amide bonds. The molecule has 1 atom stereocenters. The minimum absolute atomic E-state index is 0.299. The van der Waals surface area contributed by atoms with Crippen molar-refractivity contribution in [3.05, 3.63) is 0 Å². The van der Waals surface area contributed by atoms with Gasteiger partial charge in [0.15, 0.2) is 0 Å². The average molecular weight is 424 g/mol. The summed E-state index contributed by atoms with van der Waals surface area (Å²) in [4.78, 5) is 12.1. The maximum atomic E-state index is 14.6. The van der Waals surface area contributed by atoms with Gasteiger partial charge in [0.25, 0.3) is 0 Å². The molecule has 5 nitrogen and oxygen atoms in total. The number of esters is 1. The van der Waals surface area contributed by atoms with Crippen LogP contribution >= 0.6 is 0 Å². The van der Waals surface area contributed by atoms with Crippen molar-refractivity contribution in [3.8, 4) is 0 Å². The summed E-state index contributed by atoms with van der Waals surface area (Å²) in [6, 6.07) is 0. The van der Waals surface area contributed by atoms with Crippen LogP contribution in [0.2, 0.25) is 0 Å². The van der Waals surface area contributed by atoms with Gasteiger partial charge in [-0.3, -0.25) is 4.55 Å². The van der Waals surface area contributed by atoms with Crippen molar-refractivity contribution < 1.29 is 48.8 Å². The fourth-order valence-corrected chi connectivity index (χ4v) is 5.82. The molecule has 4 rings (SSSR count). The third-order valence-corrected chi connectivity index (χ3v) is 7.58. The van der Waals surface area contributed by atoms with Gasteiger partial charge in [-0.15, -0.1) is 0 Å². The molecular weight excluding hydrogens is 406 g/mol. The number of alkyl halides is 6. The number of rotatable bonds is 4. The zero-order valence-electron chi connectivity index (χ0n) is 14.1. The van der Waals surface area contributed by atoms with Gasteiger partial charge in [0.2, 0.25) is 0 Å². The third-order valence-electron chi connectivity index (χ3n) is 6.45. The molecule has 4 bridgehead atoms. The molecule has 0 radical (unpaired) electrons. The van der Waals surface area contributed by atoms with Crippen molar-refractivity contribution in [1.82, 2.24) is 0 Å². The van der Waals surface area contributed by atoms with Crippen LogP contribution in [0.3, 0.4) is 0 Å². The van der Waals surface area contributed by atoms with Gasteiger partial charge in [0, 0.05) is 0 Å². The minimum Gasteiger partial charge on any atom is -0.455 e. The average Bonchev–Trinajstić information content (AvgIpc) is 2.48. The summed E-state index contributed by atoms with van der Waals surface area (Å²) < 4.78 is 115. The first-order valence-corrected chi connectivity index (χ1v) is 9.82. The van der Waals surface area contributed by atoms with Gasteiger partial charge in [0.05, 0.1) is 0 Å². The highest BCUT2D eigenvalue weighted by Gasteiger charge is 2.82. The van der Waals surface area contributed by atoms with Crippen LogP contribution in [0, 0.1) is 23.7 Å². The van der Waals surface area contributed by atoms with E-state index in [0.29, 0.717) is 37.5 Å². The number of hydrogen-bond donors (Lipinski definition) is 1. The quantitative estimate of drug-likeness (QED) is 0.425. The van der Waals surface area contributed by atoms with E-state index in [2.05, 4.69) is 0 Å². The topological polar surface area (TPSA) is 80.7 Å². The number of carbonyl (C=O) groups is 1. The lowest BCUT2D eigenvalue weighted by Gasteiger charge is -2.59. The molecule has 4 saturated carbocycles. The molecule has 0 heterocycles. The Morgan fingerprint density at radius 1 is 0.963 bits per heavy atom. The molecule has 4 aliphatic rings. The van der Waals surface area contributed by atoms with Crippen molar-refractivity contribution in [2.24, 2.45) is 23.7 Å². The Hall–Kier alpha value is -1.04. The normalized spacial score (nSPS) is 38.5. The number of ether oxygens (including phenoxy) is 1. The van der Waals surface area contributed by atoms with E-state index in [1.165, 1.54) is 6.92 Å². The van der Waals surface area contributed by atoms with Crippen LogP contribution in [-0.2, 0) is 19.6 Å². The Bertz CT molecular complexity index is 720. The third kappa shape index (κ3) is 2.77. The highest BCUT2D eigenvalue weighted by Crippen LogP contribution is 2.60. The van der Waals surface area contributed by atoms with Crippen molar-refractivity contribution in [3.63, 3.8) is 0 Å². The van der Waals surface area contributed by atoms with Crippen molar-refractivity contribution in [1.29, 1.82) is 0 Å². The van der Waals surface area contributed by atoms with Crippen molar-refractivity contribution >= 4 is 16.1 Å². The van der Waals surface area contributed by atoms with Crippen LogP contribution in [0.5, 0.6) is 0 Å². The highest BCUT2D eigenvalue weighted by atomic mass is 32.2. The van der Waals surface area contributed by atoms with Gasteiger partial charge in [-0.25, -0.2) is 9.18 Å². The molecule has 1 N–H and O–H groups in total. The van der Waals surface area contributed by atoms with Gasteiger partial charge in [-0.1, -0.05) is 0 Å². The number of carbonyl (C=O) groups excluding carboxylic acids is 1. The van der Waals surface area contributed by atoms with Crippen molar-refractivity contribution in [2.75, 3.05) is 0 Å². The first-order chi connectivity index (χ1) is 12.0. The second kappa shape index (κ2) is 5.74. The monoisotopic (exact) mass is 424 g/mol. The summed E-state index contributed by atoms with van der Waals surface area (Å²) in [6.07, 6.45) is -3.70. The largest absolute Gasteiger partial charge is 0.458 e. The van der Waals surface area contributed by atoms with Crippen LogP contribution in [0.15, 0.2) is 0 Å². The summed E-state index contributed by atoms with van der Waals surface area (Å²) >= 11 is 0. The zero-order chi connectivity index (χ0) is 20.6. The summed E-state index contributed by atoms with van der Waals surface area (Å²) in [5, 5.41) is -5.99. The first kappa shape index (κ1) is 20.7. The summed E-state index contributed by atoms with van der Waals surface area (Å²) in [5.41, 5.74) is -1.58. The first-order valence-electron chi connectivity index (χ1n) is 8.38. The Morgan fingerprint density at radius 3 is 1.70 bits per heavy atom. The Morgan fingerprint density at radius 2 is 1.37 bits per heavy atom. The van der Waals surface area contributed by atoms with Gasteiger partial charge in [-0.05, 0) is 62.7 Å². The molecule has 27 heavy (non-hydrogen) atoms. The van der Waals surface area contributed by atoms with E-state index in [1.54, 1.807) is 0 Å². The molecule has 12 heteroatoms.